The van der Waals surface area contributed by atoms with E-state index in [2.05, 4.69) is 53.7 Å². The van der Waals surface area contributed by atoms with Gasteiger partial charge in [0.15, 0.2) is 0 Å². The van der Waals surface area contributed by atoms with Crippen molar-refractivity contribution in [2.24, 2.45) is 58.2 Å². The van der Waals surface area contributed by atoms with Crippen molar-refractivity contribution in [3.8, 4) is 0 Å². The molecule has 0 aromatic rings. The summed E-state index contributed by atoms with van der Waals surface area (Å²) in [7, 11) is 0. The summed E-state index contributed by atoms with van der Waals surface area (Å²) >= 11 is 0. The molecule has 3 fully saturated rings. The van der Waals surface area contributed by atoms with Crippen LogP contribution in [0, 0.1) is 58.2 Å². The maximum absolute atomic E-state index is 2.74. The van der Waals surface area contributed by atoms with Gasteiger partial charge in [-0.15, -0.1) is 0 Å². The third kappa shape index (κ3) is 3.33. The standard InChI is InChI=1S/C28H48/c1-19(2)20(3)10-11-21(4)24-14-15-25-23-13-12-22-9-7-8-17-27(22,5)26(23)16-18-28(24,25)6/h7-8,19-26H,9-18H2,1-6H3/t20-,21+,22?,23-,24-,25-,26-,27-,28+/m0/s1. The normalized spacial score (nSPS) is 47.3. The van der Waals surface area contributed by atoms with Crippen LogP contribution in [-0.4, -0.2) is 0 Å². The molecular weight excluding hydrogens is 336 g/mol. The topological polar surface area (TPSA) is 0 Å². The number of allylic oxidation sites excluding steroid dienone is 2. The van der Waals surface area contributed by atoms with E-state index in [4.69, 9.17) is 0 Å². The molecule has 4 aliphatic rings. The molecular formula is C28H48. The highest BCUT2D eigenvalue weighted by Gasteiger charge is 2.59. The van der Waals surface area contributed by atoms with Crippen molar-refractivity contribution in [2.45, 2.75) is 106 Å². The van der Waals surface area contributed by atoms with E-state index in [0.29, 0.717) is 10.8 Å². The maximum Gasteiger partial charge on any atom is -0.0229 e. The molecule has 9 atom stereocenters. The van der Waals surface area contributed by atoms with Crippen LogP contribution in [0.1, 0.15) is 106 Å². The molecule has 0 aromatic heterocycles. The van der Waals surface area contributed by atoms with Crippen LogP contribution in [0.4, 0.5) is 0 Å². The van der Waals surface area contributed by atoms with Gasteiger partial charge in [-0.25, -0.2) is 0 Å². The molecule has 1 unspecified atom stereocenters. The average Bonchev–Trinajstić information content (AvgIpc) is 3.02. The van der Waals surface area contributed by atoms with Gasteiger partial charge in [-0.3, -0.25) is 0 Å². The van der Waals surface area contributed by atoms with Crippen LogP contribution in [0.15, 0.2) is 12.2 Å². The first-order valence-electron chi connectivity index (χ1n) is 12.9. The molecule has 4 rings (SSSR count). The fraction of sp³-hybridized carbons (Fsp3) is 0.929. The maximum atomic E-state index is 2.74. The second-order valence-electron chi connectivity index (χ2n) is 12.6. The van der Waals surface area contributed by atoms with Crippen molar-refractivity contribution in [3.05, 3.63) is 12.2 Å². The molecule has 0 amide bonds. The van der Waals surface area contributed by atoms with Crippen LogP contribution in [0.25, 0.3) is 0 Å². The molecule has 0 heteroatoms. The number of rotatable bonds is 5. The third-order valence-corrected chi connectivity index (χ3v) is 11.2. The fourth-order valence-corrected chi connectivity index (χ4v) is 8.87. The van der Waals surface area contributed by atoms with Crippen molar-refractivity contribution in [2.75, 3.05) is 0 Å². The Morgan fingerprint density at radius 1 is 0.821 bits per heavy atom. The Balaban J connectivity index is 1.47. The lowest BCUT2D eigenvalue weighted by Crippen LogP contribution is -2.52. The quantitative estimate of drug-likeness (QED) is 0.417. The lowest BCUT2D eigenvalue weighted by Gasteiger charge is -2.60. The van der Waals surface area contributed by atoms with E-state index in [1.54, 1.807) is 12.8 Å². The van der Waals surface area contributed by atoms with E-state index < -0.39 is 0 Å². The molecule has 0 aliphatic heterocycles. The first kappa shape index (κ1) is 21.0. The molecule has 4 aliphatic carbocycles. The van der Waals surface area contributed by atoms with Crippen molar-refractivity contribution in [1.82, 2.24) is 0 Å². The fourth-order valence-electron chi connectivity index (χ4n) is 8.87. The molecule has 0 radical (unpaired) electrons. The van der Waals surface area contributed by atoms with Gasteiger partial charge in [-0.1, -0.05) is 66.5 Å². The van der Waals surface area contributed by atoms with Crippen molar-refractivity contribution in [3.63, 3.8) is 0 Å². The Labute approximate surface area is 176 Å². The van der Waals surface area contributed by atoms with Crippen LogP contribution < -0.4 is 0 Å². The van der Waals surface area contributed by atoms with Crippen molar-refractivity contribution < 1.29 is 0 Å². The Morgan fingerprint density at radius 2 is 1.57 bits per heavy atom. The Hall–Kier alpha value is -0.260. The van der Waals surface area contributed by atoms with E-state index >= 15 is 0 Å². The monoisotopic (exact) mass is 384 g/mol. The summed E-state index contributed by atoms with van der Waals surface area (Å²) in [6.45, 7) is 15.3. The predicted molar refractivity (Wildman–Crippen MR) is 122 cm³/mol. The summed E-state index contributed by atoms with van der Waals surface area (Å²) in [6, 6.07) is 0. The molecule has 28 heavy (non-hydrogen) atoms. The van der Waals surface area contributed by atoms with Gasteiger partial charge in [0.05, 0.1) is 0 Å². The van der Waals surface area contributed by atoms with Gasteiger partial charge in [-0.05, 0) is 110 Å². The van der Waals surface area contributed by atoms with Gasteiger partial charge >= 0.3 is 0 Å². The zero-order chi connectivity index (χ0) is 20.1. The second-order valence-corrected chi connectivity index (χ2v) is 12.6. The van der Waals surface area contributed by atoms with Gasteiger partial charge in [0.25, 0.3) is 0 Å². The Morgan fingerprint density at radius 3 is 2.32 bits per heavy atom. The molecule has 0 spiro atoms. The van der Waals surface area contributed by atoms with E-state index in [0.717, 1.165) is 47.3 Å². The molecule has 0 aromatic carbocycles. The van der Waals surface area contributed by atoms with E-state index in [1.165, 1.54) is 51.4 Å². The van der Waals surface area contributed by atoms with Gasteiger partial charge in [-0.2, -0.15) is 0 Å². The zero-order valence-electron chi connectivity index (χ0n) is 19.8. The smallest absolute Gasteiger partial charge is 0.0229 e. The summed E-state index contributed by atoms with van der Waals surface area (Å²) in [5, 5.41) is 0. The highest BCUT2D eigenvalue weighted by atomic mass is 14.6. The van der Waals surface area contributed by atoms with E-state index in [-0.39, 0.29) is 0 Å². The lowest BCUT2D eigenvalue weighted by molar-refractivity contribution is -0.101. The molecule has 0 saturated heterocycles. The van der Waals surface area contributed by atoms with Gasteiger partial charge in [0, 0.05) is 0 Å². The minimum atomic E-state index is 0.620. The SMILES string of the molecule is CC(C)[C@@H](C)CC[C@@H](C)[C@@H]1CC[C@H]2[C@@H]3CCC4CC=CC[C@]4(C)[C@H]3CC[C@@]21C. The highest BCUT2D eigenvalue weighted by Crippen LogP contribution is 2.68. The van der Waals surface area contributed by atoms with Crippen LogP contribution in [0.3, 0.4) is 0 Å². The van der Waals surface area contributed by atoms with Crippen LogP contribution in [0.2, 0.25) is 0 Å². The number of fused-ring (bicyclic) bond motifs is 5. The van der Waals surface area contributed by atoms with Crippen LogP contribution in [-0.2, 0) is 0 Å². The highest BCUT2D eigenvalue weighted by molar-refractivity contribution is 5.12. The molecule has 0 nitrogen and oxygen atoms in total. The van der Waals surface area contributed by atoms with Crippen molar-refractivity contribution >= 4 is 0 Å². The minimum Gasteiger partial charge on any atom is -0.0882 e. The Kier molecular flexibility index (Phi) is 5.83. The summed E-state index contributed by atoms with van der Waals surface area (Å²) in [4.78, 5) is 0. The number of hydrogen-bond donors (Lipinski definition) is 0. The molecule has 0 bridgehead atoms. The van der Waals surface area contributed by atoms with Crippen molar-refractivity contribution in [1.29, 1.82) is 0 Å². The van der Waals surface area contributed by atoms with Crippen LogP contribution >= 0.6 is 0 Å². The third-order valence-electron chi connectivity index (χ3n) is 11.2. The first-order chi connectivity index (χ1) is 13.3. The lowest BCUT2D eigenvalue weighted by atomic mass is 9.45. The van der Waals surface area contributed by atoms with E-state index in [1.807, 2.05) is 0 Å². The summed E-state index contributed by atoms with van der Waals surface area (Å²) in [5.74, 6) is 7.73. The zero-order valence-corrected chi connectivity index (χ0v) is 19.8. The minimum absolute atomic E-state index is 0.620. The summed E-state index contributed by atoms with van der Waals surface area (Å²) in [6.07, 6.45) is 19.9. The molecule has 3 saturated carbocycles. The Bertz CT molecular complexity index is 573. The average molecular weight is 385 g/mol. The molecule has 0 N–H and O–H groups in total. The largest absolute Gasteiger partial charge is 0.0882 e. The van der Waals surface area contributed by atoms with Gasteiger partial charge < -0.3 is 0 Å². The van der Waals surface area contributed by atoms with Gasteiger partial charge in [0.2, 0.25) is 0 Å². The van der Waals surface area contributed by atoms with E-state index in [9.17, 15) is 0 Å². The first-order valence-corrected chi connectivity index (χ1v) is 12.9. The van der Waals surface area contributed by atoms with Gasteiger partial charge in [0.1, 0.15) is 0 Å². The van der Waals surface area contributed by atoms with Crippen LogP contribution in [0.5, 0.6) is 0 Å². The molecule has 160 valence electrons. The summed E-state index contributed by atoms with van der Waals surface area (Å²) < 4.78 is 0. The number of hydrogen-bond acceptors (Lipinski definition) is 0. The summed E-state index contributed by atoms with van der Waals surface area (Å²) in [5.41, 5.74) is 1.27. The second kappa shape index (κ2) is 7.77. The predicted octanol–water partition coefficient (Wildman–Crippen LogP) is 8.52. The molecule has 0 heterocycles.